The number of benzene rings is 1. The summed E-state index contributed by atoms with van der Waals surface area (Å²) in [6.07, 6.45) is 6.52. The summed E-state index contributed by atoms with van der Waals surface area (Å²) in [6.45, 7) is 2.56. The van der Waals surface area contributed by atoms with Gasteiger partial charge in [-0.15, -0.1) is 0 Å². The van der Waals surface area contributed by atoms with Gasteiger partial charge in [0.2, 0.25) is 0 Å². The van der Waals surface area contributed by atoms with E-state index in [2.05, 4.69) is 32.9 Å². The van der Waals surface area contributed by atoms with Crippen molar-refractivity contribution in [3.8, 4) is 11.4 Å². The van der Waals surface area contributed by atoms with Gasteiger partial charge in [0.05, 0.1) is 12.1 Å². The van der Waals surface area contributed by atoms with Crippen molar-refractivity contribution in [2.75, 3.05) is 7.05 Å². The van der Waals surface area contributed by atoms with E-state index in [1.165, 1.54) is 5.39 Å². The summed E-state index contributed by atoms with van der Waals surface area (Å²) in [4.78, 5) is 30.5. The molecule has 134 valence electrons. The standard InChI is InChI=1S/C21H19N5O/c1-14-17-7-3-4-8-18(17)25-19(14)13-26(2)21(27)16-11-23-20(24-12-16)15-6-5-9-22-10-15/h3-12,25H,13H2,1-2H3. The van der Waals surface area contributed by atoms with Gasteiger partial charge in [-0.05, 0) is 30.7 Å². The van der Waals surface area contributed by atoms with E-state index in [0.717, 1.165) is 22.3 Å². The number of fused-ring (bicyclic) bond motifs is 1. The summed E-state index contributed by atoms with van der Waals surface area (Å²) in [5, 5.41) is 1.18. The van der Waals surface area contributed by atoms with E-state index in [0.29, 0.717) is 17.9 Å². The highest BCUT2D eigenvalue weighted by atomic mass is 16.2. The molecule has 0 bridgehead atoms. The van der Waals surface area contributed by atoms with Crippen LogP contribution in [0.4, 0.5) is 0 Å². The van der Waals surface area contributed by atoms with E-state index in [1.807, 2.05) is 30.3 Å². The van der Waals surface area contributed by atoms with Crippen LogP contribution in [0.5, 0.6) is 0 Å². The molecule has 0 unspecified atom stereocenters. The molecule has 0 spiro atoms. The Hall–Kier alpha value is -3.54. The molecule has 0 aliphatic rings. The smallest absolute Gasteiger partial charge is 0.257 e. The molecule has 27 heavy (non-hydrogen) atoms. The predicted octanol–water partition coefficient (Wildman–Crippen LogP) is 3.60. The second-order valence-electron chi connectivity index (χ2n) is 6.47. The van der Waals surface area contributed by atoms with Crippen molar-refractivity contribution < 1.29 is 4.79 Å². The van der Waals surface area contributed by atoms with Crippen LogP contribution in [0, 0.1) is 6.92 Å². The molecule has 1 N–H and O–H groups in total. The van der Waals surface area contributed by atoms with Crippen molar-refractivity contribution in [1.82, 2.24) is 24.8 Å². The SMILES string of the molecule is Cc1c(CN(C)C(=O)c2cnc(-c3cccnc3)nc2)[nH]c2ccccc12. The third-order valence-electron chi connectivity index (χ3n) is 4.63. The minimum atomic E-state index is -0.120. The zero-order valence-electron chi connectivity index (χ0n) is 15.2. The summed E-state index contributed by atoms with van der Waals surface area (Å²) in [5.74, 6) is 0.430. The van der Waals surface area contributed by atoms with Gasteiger partial charge in [0.15, 0.2) is 5.82 Å². The molecular formula is C21H19N5O. The first kappa shape index (κ1) is 16.9. The van der Waals surface area contributed by atoms with E-state index in [1.54, 1.807) is 36.7 Å². The molecule has 0 radical (unpaired) electrons. The maximum absolute atomic E-state index is 12.7. The van der Waals surface area contributed by atoms with Crippen molar-refractivity contribution in [2.45, 2.75) is 13.5 Å². The van der Waals surface area contributed by atoms with Crippen LogP contribution in [0.15, 0.2) is 61.2 Å². The number of aryl methyl sites for hydroxylation is 1. The molecule has 1 amide bonds. The highest BCUT2D eigenvalue weighted by molar-refractivity contribution is 5.93. The predicted molar refractivity (Wildman–Crippen MR) is 104 cm³/mol. The topological polar surface area (TPSA) is 74.8 Å². The summed E-state index contributed by atoms with van der Waals surface area (Å²) in [5.41, 5.74) is 4.54. The first-order valence-corrected chi connectivity index (χ1v) is 8.67. The Labute approximate surface area is 156 Å². The average molecular weight is 357 g/mol. The molecule has 4 rings (SSSR count). The zero-order valence-corrected chi connectivity index (χ0v) is 15.2. The number of hydrogen-bond donors (Lipinski definition) is 1. The van der Waals surface area contributed by atoms with Gasteiger partial charge >= 0.3 is 0 Å². The van der Waals surface area contributed by atoms with Crippen molar-refractivity contribution in [2.24, 2.45) is 0 Å². The molecule has 0 atom stereocenters. The number of H-pyrrole nitrogens is 1. The van der Waals surface area contributed by atoms with E-state index >= 15 is 0 Å². The Bertz CT molecular complexity index is 1090. The number of rotatable bonds is 4. The molecule has 3 heterocycles. The molecule has 6 nitrogen and oxygen atoms in total. The molecule has 0 aliphatic heterocycles. The van der Waals surface area contributed by atoms with Gasteiger partial charge in [-0.25, -0.2) is 9.97 Å². The average Bonchev–Trinajstić information content (AvgIpc) is 3.04. The molecule has 0 fully saturated rings. The van der Waals surface area contributed by atoms with Crippen molar-refractivity contribution in [3.63, 3.8) is 0 Å². The minimum absolute atomic E-state index is 0.120. The van der Waals surface area contributed by atoms with Crippen molar-refractivity contribution >= 4 is 16.8 Å². The van der Waals surface area contributed by atoms with Crippen LogP contribution in [0.1, 0.15) is 21.6 Å². The second-order valence-corrected chi connectivity index (χ2v) is 6.47. The quantitative estimate of drug-likeness (QED) is 0.605. The molecule has 1 aromatic carbocycles. The number of para-hydroxylation sites is 1. The van der Waals surface area contributed by atoms with E-state index in [4.69, 9.17) is 0 Å². The molecule has 0 saturated heterocycles. The number of nitrogens with zero attached hydrogens (tertiary/aromatic N) is 4. The number of hydrogen-bond acceptors (Lipinski definition) is 4. The Morgan fingerprint density at radius 3 is 2.56 bits per heavy atom. The van der Waals surface area contributed by atoms with Crippen LogP contribution in [-0.2, 0) is 6.54 Å². The fraction of sp³-hybridized carbons (Fsp3) is 0.143. The molecule has 4 aromatic rings. The Morgan fingerprint density at radius 1 is 1.07 bits per heavy atom. The second kappa shape index (κ2) is 6.99. The van der Waals surface area contributed by atoms with Gasteiger partial charge in [0.25, 0.3) is 5.91 Å². The lowest BCUT2D eigenvalue weighted by molar-refractivity contribution is 0.0782. The lowest BCUT2D eigenvalue weighted by Crippen LogP contribution is -2.27. The Balaban J connectivity index is 1.52. The zero-order chi connectivity index (χ0) is 18.8. The molecular weight excluding hydrogens is 338 g/mol. The number of carbonyl (C=O) groups excluding carboxylic acids is 1. The first-order chi connectivity index (χ1) is 13.1. The molecule has 0 saturated carbocycles. The third kappa shape index (κ3) is 3.29. The first-order valence-electron chi connectivity index (χ1n) is 8.67. The van der Waals surface area contributed by atoms with Crippen LogP contribution in [-0.4, -0.2) is 37.8 Å². The highest BCUT2D eigenvalue weighted by Crippen LogP contribution is 2.22. The third-order valence-corrected chi connectivity index (χ3v) is 4.63. The monoisotopic (exact) mass is 357 g/mol. The Kier molecular flexibility index (Phi) is 4.38. The van der Waals surface area contributed by atoms with E-state index in [-0.39, 0.29) is 5.91 Å². The number of carbonyl (C=O) groups is 1. The number of aromatic amines is 1. The van der Waals surface area contributed by atoms with Crippen LogP contribution in [0.2, 0.25) is 0 Å². The molecule has 0 aliphatic carbocycles. The van der Waals surface area contributed by atoms with Crippen molar-refractivity contribution in [1.29, 1.82) is 0 Å². The lowest BCUT2D eigenvalue weighted by Gasteiger charge is -2.17. The number of amides is 1. The minimum Gasteiger partial charge on any atom is -0.357 e. The number of pyridine rings is 1. The summed E-state index contributed by atoms with van der Waals surface area (Å²) < 4.78 is 0. The van der Waals surface area contributed by atoms with Crippen LogP contribution in [0.3, 0.4) is 0 Å². The largest absolute Gasteiger partial charge is 0.357 e. The Morgan fingerprint density at radius 2 is 1.85 bits per heavy atom. The number of nitrogens with one attached hydrogen (secondary N) is 1. The molecule has 3 aromatic heterocycles. The van der Waals surface area contributed by atoms with E-state index < -0.39 is 0 Å². The lowest BCUT2D eigenvalue weighted by atomic mass is 10.1. The highest BCUT2D eigenvalue weighted by Gasteiger charge is 2.16. The summed E-state index contributed by atoms with van der Waals surface area (Å²) in [7, 11) is 1.78. The van der Waals surface area contributed by atoms with Crippen LogP contribution >= 0.6 is 0 Å². The summed E-state index contributed by atoms with van der Waals surface area (Å²) in [6, 6.07) is 11.8. The van der Waals surface area contributed by atoms with Crippen LogP contribution in [0.25, 0.3) is 22.3 Å². The maximum Gasteiger partial charge on any atom is 0.257 e. The van der Waals surface area contributed by atoms with Gasteiger partial charge < -0.3 is 9.88 Å². The van der Waals surface area contributed by atoms with Gasteiger partial charge in [-0.2, -0.15) is 0 Å². The fourth-order valence-corrected chi connectivity index (χ4v) is 3.11. The van der Waals surface area contributed by atoms with Gasteiger partial charge in [-0.1, -0.05) is 18.2 Å². The molecule has 6 heteroatoms. The number of aromatic nitrogens is 4. The van der Waals surface area contributed by atoms with Gasteiger partial charge in [0, 0.05) is 54.0 Å². The maximum atomic E-state index is 12.7. The van der Waals surface area contributed by atoms with E-state index in [9.17, 15) is 4.79 Å². The van der Waals surface area contributed by atoms with Crippen molar-refractivity contribution in [3.05, 3.63) is 78.0 Å². The normalized spacial score (nSPS) is 10.9. The van der Waals surface area contributed by atoms with Gasteiger partial charge in [0.1, 0.15) is 0 Å². The van der Waals surface area contributed by atoms with Crippen LogP contribution < -0.4 is 0 Å². The summed E-state index contributed by atoms with van der Waals surface area (Å²) >= 11 is 0. The van der Waals surface area contributed by atoms with Gasteiger partial charge in [-0.3, -0.25) is 9.78 Å². The fourth-order valence-electron chi connectivity index (χ4n) is 3.11.